The average molecular weight is 346 g/mol. The molecule has 20 heavy (non-hydrogen) atoms. The summed E-state index contributed by atoms with van der Waals surface area (Å²) < 4.78 is 5.46. The number of methoxy groups -OCH3 is 1. The fourth-order valence-corrected chi connectivity index (χ4v) is 2.12. The Morgan fingerprint density at radius 2 is 2.20 bits per heavy atom. The van der Waals surface area contributed by atoms with E-state index in [-0.39, 0.29) is 18.7 Å². The summed E-state index contributed by atoms with van der Waals surface area (Å²) in [5.74, 6) is 0.845. The summed E-state index contributed by atoms with van der Waals surface area (Å²) in [7, 11) is 1.52. The van der Waals surface area contributed by atoms with E-state index in [0.717, 1.165) is 0 Å². The number of aliphatic hydroxyl groups is 1. The van der Waals surface area contributed by atoms with Crippen molar-refractivity contribution in [2.45, 2.75) is 26.3 Å². The molecule has 0 aliphatic heterocycles. The van der Waals surface area contributed by atoms with Crippen molar-refractivity contribution in [3.63, 3.8) is 0 Å². The maximum atomic E-state index is 11.9. The van der Waals surface area contributed by atoms with Gasteiger partial charge >= 0.3 is 6.03 Å². The van der Waals surface area contributed by atoms with Crippen molar-refractivity contribution in [1.29, 1.82) is 0 Å². The number of nitrogens with one attached hydrogen (secondary N) is 2. The third-order valence-corrected chi connectivity index (χ3v) is 3.20. The van der Waals surface area contributed by atoms with Gasteiger partial charge in [-0.15, -0.1) is 0 Å². The Labute approximate surface area is 127 Å². The van der Waals surface area contributed by atoms with Gasteiger partial charge in [0.1, 0.15) is 4.60 Å². The third kappa shape index (κ3) is 5.34. The van der Waals surface area contributed by atoms with E-state index in [9.17, 15) is 9.90 Å². The van der Waals surface area contributed by atoms with E-state index in [0.29, 0.717) is 28.5 Å². The first-order valence-corrected chi connectivity index (χ1v) is 7.14. The molecule has 3 N–H and O–H groups in total. The number of hydrogen-bond donors (Lipinski definition) is 3. The van der Waals surface area contributed by atoms with Crippen LogP contribution < -0.4 is 15.4 Å². The maximum absolute atomic E-state index is 11.9. The Morgan fingerprint density at radius 1 is 1.50 bits per heavy atom. The Balaban J connectivity index is 2.61. The number of aliphatic hydroxyl groups excluding tert-OH is 1. The zero-order valence-corrected chi connectivity index (χ0v) is 13.4. The first-order valence-electron chi connectivity index (χ1n) is 6.35. The molecule has 1 aromatic rings. The van der Waals surface area contributed by atoms with Crippen LogP contribution in [-0.4, -0.2) is 35.9 Å². The van der Waals surface area contributed by atoms with Crippen LogP contribution in [0.1, 0.15) is 20.3 Å². The summed E-state index contributed by atoms with van der Waals surface area (Å²) in [4.78, 5) is 16.0. The molecule has 0 radical (unpaired) electrons. The van der Waals surface area contributed by atoms with Crippen molar-refractivity contribution in [2.24, 2.45) is 5.92 Å². The van der Waals surface area contributed by atoms with E-state index < -0.39 is 0 Å². The van der Waals surface area contributed by atoms with Gasteiger partial charge in [-0.1, -0.05) is 13.8 Å². The lowest BCUT2D eigenvalue weighted by Crippen LogP contribution is -2.41. The molecule has 0 fully saturated rings. The summed E-state index contributed by atoms with van der Waals surface area (Å²) >= 11 is 3.26. The summed E-state index contributed by atoms with van der Waals surface area (Å²) in [6, 6.07) is 2.70. The lowest BCUT2D eigenvalue weighted by molar-refractivity contribution is 0.214. The van der Waals surface area contributed by atoms with Gasteiger partial charge in [-0.3, -0.25) is 0 Å². The minimum absolute atomic E-state index is 0.0897. The van der Waals surface area contributed by atoms with Crippen molar-refractivity contribution < 1.29 is 14.6 Å². The predicted molar refractivity (Wildman–Crippen MR) is 81.0 cm³/mol. The first-order chi connectivity index (χ1) is 9.46. The highest BCUT2D eigenvalue weighted by Gasteiger charge is 2.14. The van der Waals surface area contributed by atoms with Crippen LogP contribution in [0.4, 0.5) is 10.5 Å². The van der Waals surface area contributed by atoms with Crippen molar-refractivity contribution >= 4 is 27.6 Å². The van der Waals surface area contributed by atoms with Crippen LogP contribution in [-0.2, 0) is 0 Å². The molecule has 0 saturated carbocycles. The molecule has 0 aromatic carbocycles. The number of anilines is 1. The zero-order chi connectivity index (χ0) is 15.1. The SMILES string of the molecule is COc1ccc(NC(=O)N[C@@H](CO)CC(C)C)c(Br)n1. The second kappa shape index (κ2) is 8.06. The highest BCUT2D eigenvalue weighted by Crippen LogP contribution is 2.22. The van der Waals surface area contributed by atoms with Crippen LogP contribution in [0, 0.1) is 5.92 Å². The van der Waals surface area contributed by atoms with Gasteiger partial charge in [0.05, 0.1) is 25.4 Å². The smallest absolute Gasteiger partial charge is 0.319 e. The molecular formula is C13H20BrN3O3. The summed E-state index contributed by atoms with van der Waals surface area (Å²) in [5.41, 5.74) is 0.532. The van der Waals surface area contributed by atoms with Crippen molar-refractivity contribution in [3.05, 3.63) is 16.7 Å². The first kappa shape index (κ1) is 16.7. The van der Waals surface area contributed by atoms with E-state index in [1.165, 1.54) is 7.11 Å². The van der Waals surface area contributed by atoms with Crippen LogP contribution >= 0.6 is 15.9 Å². The van der Waals surface area contributed by atoms with Crippen molar-refractivity contribution in [2.75, 3.05) is 19.0 Å². The summed E-state index contributed by atoms with van der Waals surface area (Å²) in [6.45, 7) is 3.98. The van der Waals surface area contributed by atoms with Gasteiger partial charge in [0.2, 0.25) is 5.88 Å². The second-order valence-electron chi connectivity index (χ2n) is 4.80. The third-order valence-electron chi connectivity index (χ3n) is 2.59. The number of urea groups is 1. The van der Waals surface area contributed by atoms with E-state index in [2.05, 4.69) is 31.5 Å². The monoisotopic (exact) mass is 345 g/mol. The van der Waals surface area contributed by atoms with E-state index in [1.54, 1.807) is 12.1 Å². The predicted octanol–water partition coefficient (Wildman–Crippen LogP) is 2.38. The topological polar surface area (TPSA) is 83.5 Å². The number of rotatable bonds is 6. The number of aromatic nitrogens is 1. The second-order valence-corrected chi connectivity index (χ2v) is 5.55. The fraction of sp³-hybridized carbons (Fsp3) is 0.538. The summed E-state index contributed by atoms with van der Waals surface area (Å²) in [5, 5.41) is 14.6. The number of ether oxygens (including phenoxy) is 1. The standard InChI is InChI=1S/C13H20BrN3O3/c1-8(2)6-9(7-18)15-13(19)16-10-4-5-11(20-3)17-12(10)14/h4-5,8-9,18H,6-7H2,1-3H3,(H2,15,16,19)/t9-/m1/s1. The van der Waals surface area contributed by atoms with Crippen molar-refractivity contribution in [3.8, 4) is 5.88 Å². The van der Waals surface area contributed by atoms with Crippen LogP contribution in [0.3, 0.4) is 0 Å². The molecule has 0 saturated heterocycles. The number of pyridine rings is 1. The van der Waals surface area contributed by atoms with Crippen LogP contribution in [0.15, 0.2) is 16.7 Å². The molecule has 1 rings (SSSR count). The summed E-state index contributed by atoms with van der Waals surface area (Å²) in [6.07, 6.45) is 0.714. The quantitative estimate of drug-likeness (QED) is 0.691. The lowest BCUT2D eigenvalue weighted by Gasteiger charge is -2.18. The van der Waals surface area contributed by atoms with Gasteiger partial charge in [-0.25, -0.2) is 9.78 Å². The number of halogens is 1. The van der Waals surface area contributed by atoms with Crippen LogP contribution in [0.25, 0.3) is 0 Å². The molecular weight excluding hydrogens is 326 g/mol. The van der Waals surface area contributed by atoms with Crippen LogP contribution in [0.5, 0.6) is 5.88 Å². The average Bonchev–Trinajstić information content (AvgIpc) is 2.39. The maximum Gasteiger partial charge on any atom is 0.319 e. The molecule has 1 aromatic heterocycles. The normalized spacial score (nSPS) is 12.1. The molecule has 0 spiro atoms. The van der Waals surface area contributed by atoms with Gasteiger partial charge in [-0.05, 0) is 34.3 Å². The zero-order valence-electron chi connectivity index (χ0n) is 11.8. The Hall–Kier alpha value is -1.34. The van der Waals surface area contributed by atoms with Gasteiger partial charge in [0.25, 0.3) is 0 Å². The van der Waals surface area contributed by atoms with E-state index in [1.807, 2.05) is 13.8 Å². The van der Waals surface area contributed by atoms with Gasteiger partial charge < -0.3 is 20.5 Å². The Morgan fingerprint density at radius 3 is 2.70 bits per heavy atom. The highest BCUT2D eigenvalue weighted by atomic mass is 79.9. The van der Waals surface area contributed by atoms with Gasteiger partial charge in [-0.2, -0.15) is 0 Å². The van der Waals surface area contributed by atoms with Crippen LogP contribution in [0.2, 0.25) is 0 Å². The minimum Gasteiger partial charge on any atom is -0.481 e. The number of hydrogen-bond acceptors (Lipinski definition) is 4. The molecule has 0 unspecified atom stereocenters. The molecule has 7 heteroatoms. The largest absolute Gasteiger partial charge is 0.481 e. The number of carbonyl (C=O) groups is 1. The molecule has 0 aliphatic carbocycles. The Bertz CT molecular complexity index is 454. The number of amides is 2. The number of carbonyl (C=O) groups excluding carboxylic acids is 1. The molecule has 6 nitrogen and oxygen atoms in total. The minimum atomic E-state index is -0.377. The molecule has 1 heterocycles. The lowest BCUT2D eigenvalue weighted by atomic mass is 10.0. The van der Waals surface area contributed by atoms with E-state index >= 15 is 0 Å². The van der Waals surface area contributed by atoms with Gasteiger partial charge in [0, 0.05) is 6.07 Å². The molecule has 112 valence electrons. The number of nitrogens with zero attached hydrogens (tertiary/aromatic N) is 1. The Kier molecular flexibility index (Phi) is 6.74. The molecule has 0 bridgehead atoms. The van der Waals surface area contributed by atoms with E-state index in [4.69, 9.17) is 4.74 Å². The molecule has 2 amide bonds. The van der Waals surface area contributed by atoms with Crippen molar-refractivity contribution in [1.82, 2.24) is 10.3 Å². The highest BCUT2D eigenvalue weighted by molar-refractivity contribution is 9.10. The van der Waals surface area contributed by atoms with Gasteiger partial charge in [0.15, 0.2) is 0 Å². The fourth-order valence-electron chi connectivity index (χ4n) is 1.72. The molecule has 1 atom stereocenters. The molecule has 0 aliphatic rings.